The molecule has 0 aliphatic heterocycles. The molecule has 0 amide bonds. The van der Waals surface area contributed by atoms with Crippen molar-refractivity contribution >= 4 is 17.7 Å². The first kappa shape index (κ1) is 15.9. The summed E-state index contributed by atoms with van der Waals surface area (Å²) in [6, 6.07) is 3.88. The fourth-order valence-corrected chi connectivity index (χ4v) is 1.60. The van der Waals surface area contributed by atoms with E-state index >= 15 is 0 Å². The Morgan fingerprint density at radius 1 is 1.30 bits per heavy atom. The second-order valence-corrected chi connectivity index (χ2v) is 4.15. The molecule has 5 nitrogen and oxygen atoms in total. The van der Waals surface area contributed by atoms with Gasteiger partial charge in [0.15, 0.2) is 0 Å². The summed E-state index contributed by atoms with van der Waals surface area (Å²) < 4.78 is 35.7. The van der Waals surface area contributed by atoms with Crippen LogP contribution in [0, 0.1) is 10.1 Å². The average molecular weight is 290 g/mol. The molecule has 0 aromatic heterocycles. The van der Waals surface area contributed by atoms with E-state index < -0.39 is 17.5 Å². The highest BCUT2D eigenvalue weighted by molar-refractivity contribution is 5.79. The van der Waals surface area contributed by atoms with Crippen LogP contribution in [-0.2, 0) is 0 Å². The van der Waals surface area contributed by atoms with E-state index in [9.17, 15) is 28.1 Å². The molecule has 0 bridgehead atoms. The van der Waals surface area contributed by atoms with E-state index in [4.69, 9.17) is 0 Å². The van der Waals surface area contributed by atoms with E-state index in [0.29, 0.717) is 6.29 Å². The van der Waals surface area contributed by atoms with Gasteiger partial charge < -0.3 is 5.32 Å². The number of nitrogens with zero attached hydrogens (tertiary/aromatic N) is 1. The summed E-state index contributed by atoms with van der Waals surface area (Å²) >= 11 is 0. The van der Waals surface area contributed by atoms with Crippen molar-refractivity contribution in [1.82, 2.24) is 0 Å². The summed E-state index contributed by atoms with van der Waals surface area (Å²) in [5, 5.41) is 13.5. The molecule has 0 heterocycles. The smallest absolute Gasteiger partial charge is 0.379 e. The molecule has 1 N–H and O–H groups in total. The lowest BCUT2D eigenvalue weighted by molar-refractivity contribution is -0.384. The number of unbranched alkanes of at least 4 members (excludes halogenated alkanes) is 1. The maximum atomic E-state index is 11.9. The number of nitrogens with one attached hydrogen (secondary N) is 1. The largest absolute Gasteiger partial charge is 0.389 e. The molecule has 1 rings (SSSR count). The first-order chi connectivity index (χ1) is 9.33. The molecule has 0 fully saturated rings. The SMILES string of the molecule is O=Cc1ccc(NCCCCC(F)(F)F)c([N+](=O)[O-])c1. The number of hydrogen-bond acceptors (Lipinski definition) is 4. The van der Waals surface area contributed by atoms with Gasteiger partial charge in [0.2, 0.25) is 0 Å². The summed E-state index contributed by atoms with van der Waals surface area (Å²) in [5.74, 6) is 0. The molecule has 0 aliphatic carbocycles. The predicted molar refractivity (Wildman–Crippen MR) is 66.9 cm³/mol. The van der Waals surface area contributed by atoms with Crippen LogP contribution in [0.4, 0.5) is 24.5 Å². The van der Waals surface area contributed by atoms with Crippen LogP contribution in [0.15, 0.2) is 18.2 Å². The zero-order chi connectivity index (χ0) is 15.2. The van der Waals surface area contributed by atoms with Crippen LogP contribution in [0.25, 0.3) is 0 Å². The summed E-state index contributed by atoms with van der Waals surface area (Å²) in [5.41, 5.74) is 0.0809. The van der Waals surface area contributed by atoms with Gasteiger partial charge >= 0.3 is 6.18 Å². The quantitative estimate of drug-likeness (QED) is 0.361. The topological polar surface area (TPSA) is 72.2 Å². The van der Waals surface area contributed by atoms with Crippen molar-refractivity contribution in [2.75, 3.05) is 11.9 Å². The normalized spacial score (nSPS) is 11.2. The number of nitro benzene ring substituents is 1. The van der Waals surface area contributed by atoms with Crippen LogP contribution >= 0.6 is 0 Å². The third kappa shape index (κ3) is 5.25. The van der Waals surface area contributed by atoms with Gasteiger partial charge in [-0.05, 0) is 25.0 Å². The fraction of sp³-hybridized carbons (Fsp3) is 0.417. The molecular formula is C12H13F3N2O3. The molecule has 8 heteroatoms. The van der Waals surface area contributed by atoms with E-state index in [1.54, 1.807) is 0 Å². The van der Waals surface area contributed by atoms with Crippen molar-refractivity contribution in [2.24, 2.45) is 0 Å². The lowest BCUT2D eigenvalue weighted by Crippen LogP contribution is -2.09. The third-order valence-electron chi connectivity index (χ3n) is 2.56. The Labute approximate surface area is 112 Å². The number of carbonyl (C=O) groups excluding carboxylic acids is 1. The lowest BCUT2D eigenvalue weighted by Gasteiger charge is -2.08. The molecule has 0 atom stereocenters. The number of carbonyl (C=O) groups is 1. The summed E-state index contributed by atoms with van der Waals surface area (Å²) in [6.07, 6.45) is -4.37. The molecule has 20 heavy (non-hydrogen) atoms. The predicted octanol–water partition coefficient (Wildman–Crippen LogP) is 3.55. The van der Waals surface area contributed by atoms with Gasteiger partial charge in [0.25, 0.3) is 5.69 Å². The minimum Gasteiger partial charge on any atom is -0.379 e. The number of rotatable bonds is 7. The summed E-state index contributed by atoms with van der Waals surface area (Å²) in [6.45, 7) is 0.192. The lowest BCUT2D eigenvalue weighted by atomic mass is 10.2. The number of nitro groups is 1. The number of alkyl halides is 3. The maximum Gasteiger partial charge on any atom is 0.389 e. The summed E-state index contributed by atoms with van der Waals surface area (Å²) in [7, 11) is 0. The van der Waals surface area contributed by atoms with E-state index in [2.05, 4.69) is 5.32 Å². The van der Waals surface area contributed by atoms with Crippen molar-refractivity contribution in [3.63, 3.8) is 0 Å². The minimum atomic E-state index is -4.18. The van der Waals surface area contributed by atoms with Crippen LogP contribution in [0.1, 0.15) is 29.6 Å². The Bertz CT molecular complexity index is 489. The second kappa shape index (κ2) is 6.88. The Morgan fingerprint density at radius 3 is 2.55 bits per heavy atom. The third-order valence-corrected chi connectivity index (χ3v) is 2.56. The van der Waals surface area contributed by atoms with Crippen LogP contribution in [-0.4, -0.2) is 23.9 Å². The maximum absolute atomic E-state index is 11.9. The highest BCUT2D eigenvalue weighted by Crippen LogP contribution is 2.26. The molecule has 0 unspecified atom stereocenters. The zero-order valence-electron chi connectivity index (χ0n) is 10.4. The van der Waals surface area contributed by atoms with E-state index in [1.807, 2.05) is 0 Å². The molecule has 0 saturated carbocycles. The molecule has 0 saturated heterocycles. The second-order valence-electron chi connectivity index (χ2n) is 4.15. The van der Waals surface area contributed by atoms with E-state index in [-0.39, 0.29) is 36.3 Å². The molecule has 0 radical (unpaired) electrons. The van der Waals surface area contributed by atoms with Gasteiger partial charge in [-0.15, -0.1) is 0 Å². The standard InChI is InChI=1S/C12H13F3N2O3/c13-12(14,15)5-1-2-6-16-10-4-3-9(8-18)7-11(10)17(19)20/h3-4,7-8,16H,1-2,5-6H2. The summed E-state index contributed by atoms with van der Waals surface area (Å²) in [4.78, 5) is 20.7. The Hall–Kier alpha value is -2.12. The van der Waals surface area contributed by atoms with E-state index in [0.717, 1.165) is 6.07 Å². The number of hydrogen-bond donors (Lipinski definition) is 1. The zero-order valence-corrected chi connectivity index (χ0v) is 10.4. The Morgan fingerprint density at radius 2 is 2.00 bits per heavy atom. The number of anilines is 1. The highest BCUT2D eigenvalue weighted by atomic mass is 19.4. The van der Waals surface area contributed by atoms with Crippen LogP contribution < -0.4 is 5.32 Å². The van der Waals surface area contributed by atoms with Crippen molar-refractivity contribution in [3.8, 4) is 0 Å². The van der Waals surface area contributed by atoms with Gasteiger partial charge in [-0.25, -0.2) is 0 Å². The van der Waals surface area contributed by atoms with E-state index in [1.165, 1.54) is 12.1 Å². The molecular weight excluding hydrogens is 277 g/mol. The fourth-order valence-electron chi connectivity index (χ4n) is 1.60. The van der Waals surface area contributed by atoms with Crippen LogP contribution in [0.2, 0.25) is 0 Å². The first-order valence-electron chi connectivity index (χ1n) is 5.88. The Balaban J connectivity index is 2.55. The van der Waals surface area contributed by atoms with Gasteiger partial charge in [-0.1, -0.05) is 0 Å². The number of halogens is 3. The van der Waals surface area contributed by atoms with Crippen molar-refractivity contribution in [2.45, 2.75) is 25.4 Å². The molecule has 1 aromatic rings. The van der Waals surface area contributed by atoms with Gasteiger partial charge in [0.05, 0.1) is 4.92 Å². The van der Waals surface area contributed by atoms with Crippen molar-refractivity contribution in [3.05, 3.63) is 33.9 Å². The monoisotopic (exact) mass is 290 g/mol. The minimum absolute atomic E-state index is 0.0449. The van der Waals surface area contributed by atoms with Crippen LogP contribution in [0.3, 0.4) is 0 Å². The number of aldehydes is 1. The molecule has 0 spiro atoms. The first-order valence-corrected chi connectivity index (χ1v) is 5.88. The van der Waals surface area contributed by atoms with Gasteiger partial charge in [0.1, 0.15) is 12.0 Å². The van der Waals surface area contributed by atoms with Gasteiger partial charge in [-0.3, -0.25) is 14.9 Å². The van der Waals surface area contributed by atoms with Crippen LogP contribution in [0.5, 0.6) is 0 Å². The van der Waals surface area contributed by atoms with Gasteiger partial charge in [-0.2, -0.15) is 13.2 Å². The molecule has 1 aromatic carbocycles. The number of benzene rings is 1. The Kier molecular flexibility index (Phi) is 5.48. The molecule has 110 valence electrons. The average Bonchev–Trinajstić information content (AvgIpc) is 2.37. The highest BCUT2D eigenvalue weighted by Gasteiger charge is 2.25. The van der Waals surface area contributed by atoms with Crippen molar-refractivity contribution < 1.29 is 22.9 Å². The van der Waals surface area contributed by atoms with Gasteiger partial charge in [0, 0.05) is 24.6 Å². The van der Waals surface area contributed by atoms with Crippen molar-refractivity contribution in [1.29, 1.82) is 0 Å². The molecule has 0 aliphatic rings.